The lowest BCUT2D eigenvalue weighted by atomic mass is 10.1. The molecule has 2 heterocycles. The first-order valence-corrected chi connectivity index (χ1v) is 6.76. The van der Waals surface area contributed by atoms with Crippen LogP contribution in [0.25, 0.3) is 0 Å². The van der Waals surface area contributed by atoms with E-state index >= 15 is 0 Å². The number of nitrogens with zero attached hydrogens (tertiary/aromatic N) is 2. The molecule has 19 heavy (non-hydrogen) atoms. The molecule has 1 aromatic carbocycles. The summed E-state index contributed by atoms with van der Waals surface area (Å²) >= 11 is 0. The molecule has 0 unspecified atom stereocenters. The van der Waals surface area contributed by atoms with Crippen LogP contribution < -0.4 is 10.2 Å². The Hall–Kier alpha value is -1.62. The Morgan fingerprint density at radius 2 is 2.11 bits per heavy atom. The first-order valence-electron chi connectivity index (χ1n) is 6.76. The van der Waals surface area contributed by atoms with Gasteiger partial charge in [-0.1, -0.05) is 6.07 Å². The van der Waals surface area contributed by atoms with Gasteiger partial charge in [-0.15, -0.1) is 0 Å². The minimum absolute atomic E-state index is 0.211. The van der Waals surface area contributed by atoms with Crippen molar-refractivity contribution >= 4 is 11.5 Å². The van der Waals surface area contributed by atoms with E-state index in [4.69, 9.17) is 4.74 Å². The molecule has 1 saturated heterocycles. The molecule has 1 fully saturated rings. The van der Waals surface area contributed by atoms with Gasteiger partial charge in [-0.05, 0) is 18.6 Å². The molecule has 2 aliphatic heterocycles. The predicted molar refractivity (Wildman–Crippen MR) is 73.5 cm³/mol. The first-order chi connectivity index (χ1) is 9.36. The fraction of sp³-hybridized carbons (Fsp3) is 0.500. The second kappa shape index (κ2) is 5.57. The van der Waals surface area contributed by atoms with Gasteiger partial charge in [0.1, 0.15) is 11.7 Å². The Balaban J connectivity index is 1.98. The number of halogens is 1. The van der Waals surface area contributed by atoms with Crippen molar-refractivity contribution in [1.29, 1.82) is 0 Å². The molecule has 3 rings (SSSR count). The number of benzene rings is 1. The van der Waals surface area contributed by atoms with Gasteiger partial charge in [-0.3, -0.25) is 4.99 Å². The van der Waals surface area contributed by atoms with E-state index in [0.29, 0.717) is 24.6 Å². The van der Waals surface area contributed by atoms with E-state index in [1.54, 1.807) is 6.07 Å². The zero-order valence-electron chi connectivity index (χ0n) is 10.9. The van der Waals surface area contributed by atoms with E-state index in [2.05, 4.69) is 15.2 Å². The van der Waals surface area contributed by atoms with Crippen LogP contribution in [-0.2, 0) is 4.74 Å². The van der Waals surface area contributed by atoms with E-state index in [9.17, 15) is 4.39 Å². The minimum Gasteiger partial charge on any atom is -0.378 e. The molecule has 0 radical (unpaired) electrons. The number of rotatable bonds is 2. The molecule has 102 valence electrons. The van der Waals surface area contributed by atoms with Gasteiger partial charge in [0.05, 0.1) is 24.5 Å². The van der Waals surface area contributed by atoms with Crippen molar-refractivity contribution in [2.75, 3.05) is 44.3 Å². The zero-order chi connectivity index (χ0) is 13.1. The third-order valence-corrected chi connectivity index (χ3v) is 3.48. The number of hydrogen-bond acceptors (Lipinski definition) is 4. The van der Waals surface area contributed by atoms with Crippen molar-refractivity contribution in [3.05, 3.63) is 29.6 Å². The highest BCUT2D eigenvalue weighted by Gasteiger charge is 2.21. The van der Waals surface area contributed by atoms with E-state index in [0.717, 1.165) is 38.3 Å². The Kier molecular flexibility index (Phi) is 3.64. The summed E-state index contributed by atoms with van der Waals surface area (Å²) < 4.78 is 19.6. The molecule has 1 aromatic rings. The Bertz CT molecular complexity index is 484. The monoisotopic (exact) mass is 263 g/mol. The quantitative estimate of drug-likeness (QED) is 0.876. The average Bonchev–Trinajstić information content (AvgIpc) is 2.49. The highest BCUT2D eigenvalue weighted by molar-refractivity contribution is 6.04. The second-order valence-electron chi connectivity index (χ2n) is 4.74. The Morgan fingerprint density at radius 1 is 1.26 bits per heavy atom. The molecule has 0 aliphatic carbocycles. The van der Waals surface area contributed by atoms with Crippen molar-refractivity contribution in [3.63, 3.8) is 0 Å². The summed E-state index contributed by atoms with van der Waals surface area (Å²) in [6.07, 6.45) is 1.00. The molecule has 1 N–H and O–H groups in total. The third kappa shape index (κ3) is 2.56. The SMILES string of the molecule is Fc1cccc(N2CCOCC2)c1C1=NCCCN1. The van der Waals surface area contributed by atoms with Gasteiger partial charge >= 0.3 is 0 Å². The summed E-state index contributed by atoms with van der Waals surface area (Å²) in [7, 11) is 0. The van der Waals surface area contributed by atoms with Crippen LogP contribution in [0.2, 0.25) is 0 Å². The predicted octanol–water partition coefficient (Wildman–Crippen LogP) is 1.40. The summed E-state index contributed by atoms with van der Waals surface area (Å²) in [4.78, 5) is 6.59. The van der Waals surface area contributed by atoms with Crippen molar-refractivity contribution in [2.45, 2.75) is 6.42 Å². The van der Waals surface area contributed by atoms with Crippen molar-refractivity contribution < 1.29 is 9.13 Å². The number of aliphatic imine (C=N–C) groups is 1. The van der Waals surface area contributed by atoms with Gasteiger partial charge in [0.25, 0.3) is 0 Å². The molecule has 0 atom stereocenters. The highest BCUT2D eigenvalue weighted by atomic mass is 19.1. The molecule has 0 amide bonds. The average molecular weight is 263 g/mol. The van der Waals surface area contributed by atoms with Crippen LogP contribution in [0.5, 0.6) is 0 Å². The highest BCUT2D eigenvalue weighted by Crippen LogP contribution is 2.25. The Morgan fingerprint density at radius 3 is 2.84 bits per heavy atom. The van der Waals surface area contributed by atoms with Crippen LogP contribution in [0.1, 0.15) is 12.0 Å². The van der Waals surface area contributed by atoms with Crippen LogP contribution in [0.4, 0.5) is 10.1 Å². The fourth-order valence-electron chi connectivity index (χ4n) is 2.52. The zero-order valence-corrected chi connectivity index (χ0v) is 10.9. The van der Waals surface area contributed by atoms with Crippen LogP contribution in [0.3, 0.4) is 0 Å². The lowest BCUT2D eigenvalue weighted by Crippen LogP contribution is -2.39. The van der Waals surface area contributed by atoms with Crippen LogP contribution in [-0.4, -0.2) is 45.2 Å². The summed E-state index contributed by atoms with van der Waals surface area (Å²) in [5.74, 6) is 0.475. The Labute approximate surface area is 112 Å². The molecular weight excluding hydrogens is 245 g/mol. The number of hydrogen-bond donors (Lipinski definition) is 1. The minimum atomic E-state index is -0.211. The molecule has 2 aliphatic rings. The number of nitrogens with one attached hydrogen (secondary N) is 1. The van der Waals surface area contributed by atoms with Gasteiger partial charge in [-0.25, -0.2) is 4.39 Å². The van der Waals surface area contributed by atoms with Gasteiger partial charge in [0, 0.05) is 26.2 Å². The van der Waals surface area contributed by atoms with Crippen molar-refractivity contribution in [1.82, 2.24) is 5.32 Å². The van der Waals surface area contributed by atoms with Gasteiger partial charge in [0.15, 0.2) is 0 Å². The van der Waals surface area contributed by atoms with Crippen molar-refractivity contribution in [3.8, 4) is 0 Å². The number of ether oxygens (including phenoxy) is 1. The smallest absolute Gasteiger partial charge is 0.136 e. The molecule has 0 spiro atoms. The molecule has 0 bridgehead atoms. The maximum absolute atomic E-state index is 14.2. The van der Waals surface area contributed by atoms with E-state index < -0.39 is 0 Å². The van der Waals surface area contributed by atoms with E-state index in [1.807, 2.05) is 6.07 Å². The maximum atomic E-state index is 14.2. The topological polar surface area (TPSA) is 36.9 Å². The number of anilines is 1. The maximum Gasteiger partial charge on any atom is 0.136 e. The summed E-state index contributed by atoms with van der Waals surface area (Å²) in [5, 5.41) is 3.21. The first kappa shape index (κ1) is 12.4. The van der Waals surface area contributed by atoms with Gasteiger partial charge in [-0.2, -0.15) is 0 Å². The second-order valence-corrected chi connectivity index (χ2v) is 4.74. The van der Waals surface area contributed by atoms with Crippen molar-refractivity contribution in [2.24, 2.45) is 4.99 Å². The number of morpholine rings is 1. The van der Waals surface area contributed by atoms with Gasteiger partial charge in [0.2, 0.25) is 0 Å². The fourth-order valence-corrected chi connectivity index (χ4v) is 2.52. The number of amidine groups is 1. The molecule has 0 saturated carbocycles. The van der Waals surface area contributed by atoms with Gasteiger partial charge < -0.3 is 15.0 Å². The molecular formula is C14H18FN3O. The largest absolute Gasteiger partial charge is 0.378 e. The lowest BCUT2D eigenvalue weighted by Gasteiger charge is -2.31. The van der Waals surface area contributed by atoms with E-state index in [1.165, 1.54) is 6.07 Å². The van der Waals surface area contributed by atoms with E-state index in [-0.39, 0.29) is 5.82 Å². The normalized spacial score (nSPS) is 19.8. The molecule has 5 heteroatoms. The summed E-state index contributed by atoms with van der Waals surface area (Å²) in [6, 6.07) is 5.22. The standard InChI is InChI=1S/C14H18FN3O/c15-11-3-1-4-12(18-7-9-19-10-8-18)13(11)14-16-5-2-6-17-14/h1,3-4H,2,5-10H2,(H,16,17). The van der Waals surface area contributed by atoms with Crippen LogP contribution in [0, 0.1) is 5.82 Å². The third-order valence-electron chi connectivity index (χ3n) is 3.48. The lowest BCUT2D eigenvalue weighted by molar-refractivity contribution is 0.122. The molecule has 0 aromatic heterocycles. The summed E-state index contributed by atoms with van der Waals surface area (Å²) in [6.45, 7) is 4.59. The van der Waals surface area contributed by atoms with Crippen LogP contribution >= 0.6 is 0 Å². The summed E-state index contributed by atoms with van der Waals surface area (Å²) in [5.41, 5.74) is 1.51. The van der Waals surface area contributed by atoms with Crippen LogP contribution in [0.15, 0.2) is 23.2 Å². The molecule has 4 nitrogen and oxygen atoms in total.